The lowest BCUT2D eigenvalue weighted by molar-refractivity contribution is 0.357. The Morgan fingerprint density at radius 1 is 1.43 bits per heavy atom. The van der Waals surface area contributed by atoms with Crippen LogP contribution in [0.5, 0.6) is 5.75 Å². The molecule has 0 radical (unpaired) electrons. The van der Waals surface area contributed by atoms with E-state index < -0.39 is 0 Å². The number of hydrogen-bond acceptors (Lipinski definition) is 2. The van der Waals surface area contributed by atoms with E-state index in [-0.39, 0.29) is 0 Å². The van der Waals surface area contributed by atoms with Crippen LogP contribution in [0.2, 0.25) is 0 Å². The van der Waals surface area contributed by atoms with Gasteiger partial charge >= 0.3 is 0 Å². The third-order valence-corrected chi connectivity index (χ3v) is 3.30. The Bertz CT molecular complexity index is 361. The summed E-state index contributed by atoms with van der Waals surface area (Å²) < 4.78 is 5.49. The van der Waals surface area contributed by atoms with Crippen LogP contribution >= 0.6 is 0 Å². The van der Waals surface area contributed by atoms with Gasteiger partial charge in [0.1, 0.15) is 5.75 Å². The van der Waals surface area contributed by atoms with Crippen molar-refractivity contribution in [3.05, 3.63) is 29.3 Å². The number of likely N-dealkylation sites (N-methyl/N-ethyl adjacent to an activating group) is 1. The highest BCUT2D eigenvalue weighted by Crippen LogP contribution is 2.42. The molecule has 1 N–H and O–H groups in total. The molecule has 1 aliphatic heterocycles. The van der Waals surface area contributed by atoms with Crippen molar-refractivity contribution < 1.29 is 4.74 Å². The summed E-state index contributed by atoms with van der Waals surface area (Å²) in [6, 6.07) is 7.37. The first-order valence-corrected chi connectivity index (χ1v) is 5.31. The van der Waals surface area contributed by atoms with Crippen LogP contribution in [0.25, 0.3) is 0 Å². The highest BCUT2D eigenvalue weighted by atomic mass is 16.5. The van der Waals surface area contributed by atoms with Crippen LogP contribution in [0.3, 0.4) is 0 Å². The number of nitrogens with one attached hydrogen (secondary N) is 1. The maximum atomic E-state index is 5.49. The van der Waals surface area contributed by atoms with Gasteiger partial charge < -0.3 is 10.1 Å². The lowest BCUT2D eigenvalue weighted by Crippen LogP contribution is -2.10. The van der Waals surface area contributed by atoms with Gasteiger partial charge in [0.25, 0.3) is 0 Å². The second-order valence-electron chi connectivity index (χ2n) is 4.20. The molecule has 0 aromatic heterocycles. The average molecular weight is 189 g/mol. The van der Waals surface area contributed by atoms with Gasteiger partial charge in [-0.15, -0.1) is 0 Å². The van der Waals surface area contributed by atoms with Gasteiger partial charge in [0.2, 0.25) is 0 Å². The van der Waals surface area contributed by atoms with E-state index in [9.17, 15) is 0 Å². The predicted molar refractivity (Wildman–Crippen MR) is 55.8 cm³/mol. The molecular formula is C12H15NO. The number of rotatable bonds is 2. The molecule has 1 fully saturated rings. The lowest BCUT2D eigenvalue weighted by atomic mass is 10.1. The van der Waals surface area contributed by atoms with E-state index in [1.54, 1.807) is 0 Å². The van der Waals surface area contributed by atoms with Gasteiger partial charge in [-0.1, -0.05) is 12.1 Å². The molecule has 2 unspecified atom stereocenters. The largest absolute Gasteiger partial charge is 0.493 e. The highest BCUT2D eigenvalue weighted by molar-refractivity contribution is 5.42. The maximum Gasteiger partial charge on any atom is 0.122 e. The summed E-state index contributed by atoms with van der Waals surface area (Å²) >= 11 is 0. The summed E-state index contributed by atoms with van der Waals surface area (Å²) in [4.78, 5) is 0. The van der Waals surface area contributed by atoms with Gasteiger partial charge in [0.05, 0.1) is 6.61 Å². The normalized spacial score (nSPS) is 28.4. The smallest absolute Gasteiger partial charge is 0.122 e. The molecule has 2 nitrogen and oxygen atoms in total. The van der Waals surface area contributed by atoms with Gasteiger partial charge in [-0.3, -0.25) is 0 Å². The van der Waals surface area contributed by atoms with Crippen molar-refractivity contribution >= 4 is 0 Å². The van der Waals surface area contributed by atoms with Gasteiger partial charge in [-0.05, 0) is 30.7 Å². The molecule has 0 bridgehead atoms. The topological polar surface area (TPSA) is 21.3 Å². The number of hydrogen-bond donors (Lipinski definition) is 1. The summed E-state index contributed by atoms with van der Waals surface area (Å²) in [6.07, 6.45) is 2.37. The van der Waals surface area contributed by atoms with Gasteiger partial charge in [0, 0.05) is 18.4 Å². The minimum Gasteiger partial charge on any atom is -0.493 e. The van der Waals surface area contributed by atoms with Crippen LogP contribution < -0.4 is 10.1 Å². The Balaban J connectivity index is 1.87. The molecule has 14 heavy (non-hydrogen) atoms. The van der Waals surface area contributed by atoms with Gasteiger partial charge in [-0.25, -0.2) is 0 Å². The Morgan fingerprint density at radius 2 is 2.36 bits per heavy atom. The van der Waals surface area contributed by atoms with Crippen LogP contribution in [-0.2, 0) is 6.42 Å². The Morgan fingerprint density at radius 3 is 3.14 bits per heavy atom. The van der Waals surface area contributed by atoms with E-state index in [0.717, 1.165) is 24.7 Å². The minimum absolute atomic E-state index is 0.704. The van der Waals surface area contributed by atoms with Crippen molar-refractivity contribution in [2.45, 2.75) is 24.8 Å². The predicted octanol–water partition coefficient (Wildman–Crippen LogP) is 1.70. The fourth-order valence-electron chi connectivity index (χ4n) is 2.32. The molecule has 1 aliphatic carbocycles. The van der Waals surface area contributed by atoms with Crippen LogP contribution in [0.15, 0.2) is 18.2 Å². The summed E-state index contributed by atoms with van der Waals surface area (Å²) in [5, 5.41) is 3.32. The van der Waals surface area contributed by atoms with Crippen molar-refractivity contribution in [1.82, 2.24) is 5.32 Å². The Hall–Kier alpha value is -1.02. The van der Waals surface area contributed by atoms with Crippen molar-refractivity contribution in [3.8, 4) is 5.75 Å². The monoisotopic (exact) mass is 189 g/mol. The van der Waals surface area contributed by atoms with Gasteiger partial charge in [0.15, 0.2) is 0 Å². The highest BCUT2D eigenvalue weighted by Gasteiger charge is 2.37. The molecule has 74 valence electrons. The second-order valence-corrected chi connectivity index (χ2v) is 4.20. The molecule has 1 heterocycles. The minimum atomic E-state index is 0.704. The average Bonchev–Trinajstić information content (AvgIpc) is 2.87. The summed E-state index contributed by atoms with van der Waals surface area (Å²) in [5.74, 6) is 1.83. The number of benzene rings is 1. The standard InChI is InChI=1S/C12H15NO/c1-13-11-7-10(11)8-2-3-12-9(6-8)4-5-14-12/h2-3,6,10-11,13H,4-5,7H2,1H3. The maximum absolute atomic E-state index is 5.49. The summed E-state index contributed by atoms with van der Waals surface area (Å²) in [6.45, 7) is 0.860. The fraction of sp³-hybridized carbons (Fsp3) is 0.500. The Kier molecular flexibility index (Phi) is 1.77. The zero-order chi connectivity index (χ0) is 9.54. The second kappa shape index (κ2) is 2.99. The number of ether oxygens (including phenoxy) is 1. The first kappa shape index (κ1) is 8.30. The van der Waals surface area contributed by atoms with Crippen molar-refractivity contribution in [2.24, 2.45) is 0 Å². The van der Waals surface area contributed by atoms with E-state index in [1.165, 1.54) is 17.5 Å². The van der Waals surface area contributed by atoms with E-state index in [4.69, 9.17) is 4.74 Å². The molecule has 1 aromatic rings. The van der Waals surface area contributed by atoms with Crippen LogP contribution in [0, 0.1) is 0 Å². The molecule has 0 saturated heterocycles. The van der Waals surface area contributed by atoms with Crippen molar-refractivity contribution in [3.63, 3.8) is 0 Å². The van der Waals surface area contributed by atoms with Crippen LogP contribution in [-0.4, -0.2) is 19.7 Å². The quantitative estimate of drug-likeness (QED) is 0.764. The van der Waals surface area contributed by atoms with Crippen molar-refractivity contribution in [2.75, 3.05) is 13.7 Å². The van der Waals surface area contributed by atoms with Crippen LogP contribution in [0.1, 0.15) is 23.5 Å². The third kappa shape index (κ3) is 1.22. The van der Waals surface area contributed by atoms with E-state index >= 15 is 0 Å². The molecule has 2 heteroatoms. The number of fused-ring (bicyclic) bond motifs is 1. The third-order valence-electron chi connectivity index (χ3n) is 3.30. The molecular weight excluding hydrogens is 174 g/mol. The zero-order valence-electron chi connectivity index (χ0n) is 8.42. The zero-order valence-corrected chi connectivity index (χ0v) is 8.42. The van der Waals surface area contributed by atoms with Crippen molar-refractivity contribution in [1.29, 1.82) is 0 Å². The van der Waals surface area contributed by atoms with Crippen LogP contribution in [0.4, 0.5) is 0 Å². The first-order valence-electron chi connectivity index (χ1n) is 5.31. The molecule has 1 aromatic carbocycles. The van der Waals surface area contributed by atoms with E-state index in [1.807, 2.05) is 7.05 Å². The Labute approximate surface area is 84.3 Å². The van der Waals surface area contributed by atoms with Gasteiger partial charge in [-0.2, -0.15) is 0 Å². The molecule has 0 spiro atoms. The summed E-state index contributed by atoms with van der Waals surface area (Å²) in [7, 11) is 2.04. The first-order chi connectivity index (χ1) is 6.88. The van der Waals surface area contributed by atoms with E-state index in [2.05, 4.69) is 23.5 Å². The molecule has 3 rings (SSSR count). The molecule has 0 amide bonds. The van der Waals surface area contributed by atoms with E-state index in [0.29, 0.717) is 6.04 Å². The summed E-state index contributed by atoms with van der Waals surface area (Å²) in [5.41, 5.74) is 2.87. The molecule has 1 saturated carbocycles. The fourth-order valence-corrected chi connectivity index (χ4v) is 2.32. The molecule has 2 aliphatic rings. The molecule has 2 atom stereocenters. The SMILES string of the molecule is CNC1CC1c1ccc2c(c1)CCO2. The lowest BCUT2D eigenvalue weighted by Gasteiger charge is -2.03.